The fourth-order valence-electron chi connectivity index (χ4n) is 1.18. The Morgan fingerprint density at radius 2 is 2.36 bits per heavy atom. The number of nitrogens with zero attached hydrogens (tertiary/aromatic N) is 2. The van der Waals surface area contributed by atoms with Gasteiger partial charge in [-0.05, 0) is 11.6 Å². The molecule has 0 aliphatic heterocycles. The molecule has 4 heteroatoms. The Hall–Kier alpha value is -1.68. The van der Waals surface area contributed by atoms with Crippen LogP contribution in [0.4, 0.5) is 0 Å². The molecule has 0 fully saturated rings. The van der Waals surface area contributed by atoms with Crippen molar-refractivity contribution in [3.63, 3.8) is 0 Å². The van der Waals surface area contributed by atoms with E-state index >= 15 is 0 Å². The van der Waals surface area contributed by atoms with E-state index in [9.17, 15) is 0 Å². The number of hydrogen-bond acceptors (Lipinski definition) is 4. The van der Waals surface area contributed by atoms with Crippen LogP contribution < -0.4 is 0 Å². The molecule has 14 heavy (non-hydrogen) atoms. The molecule has 0 saturated heterocycles. The Labute approximate surface area is 85.4 Å². The van der Waals surface area contributed by atoms with Crippen LogP contribution in [0.15, 0.2) is 41.0 Å². The van der Waals surface area contributed by atoms with Crippen molar-refractivity contribution in [2.24, 2.45) is 5.16 Å². The monoisotopic (exact) mass is 204 g/mol. The molecular formula is C10H8N2OS. The fourth-order valence-corrected chi connectivity index (χ4v) is 1.82. The average Bonchev–Trinajstić information content (AvgIpc) is 2.71. The first-order valence-electron chi connectivity index (χ1n) is 4.07. The molecule has 0 saturated carbocycles. The third-order valence-corrected chi connectivity index (χ3v) is 2.59. The zero-order valence-corrected chi connectivity index (χ0v) is 8.11. The van der Waals surface area contributed by atoms with Gasteiger partial charge in [0, 0.05) is 17.1 Å². The third kappa shape index (κ3) is 1.80. The van der Waals surface area contributed by atoms with E-state index in [4.69, 9.17) is 5.21 Å². The lowest BCUT2D eigenvalue weighted by Crippen LogP contribution is -1.82. The predicted molar refractivity (Wildman–Crippen MR) is 56.9 cm³/mol. The summed E-state index contributed by atoms with van der Waals surface area (Å²) < 4.78 is 0. The number of oxime groups is 1. The second-order valence-electron chi connectivity index (χ2n) is 2.71. The summed E-state index contributed by atoms with van der Waals surface area (Å²) in [5.74, 6) is 0. The third-order valence-electron chi connectivity index (χ3n) is 1.77. The standard InChI is InChI=1S/C10H8N2OS/c13-12-7-8-2-1-3-9(6-8)10-11-4-5-14-10/h1-7,13H/b12-7+. The molecule has 3 nitrogen and oxygen atoms in total. The summed E-state index contributed by atoms with van der Waals surface area (Å²) in [6.45, 7) is 0. The van der Waals surface area contributed by atoms with E-state index in [0.717, 1.165) is 16.1 Å². The van der Waals surface area contributed by atoms with Gasteiger partial charge >= 0.3 is 0 Å². The minimum absolute atomic E-state index is 0.861. The van der Waals surface area contributed by atoms with Crippen molar-refractivity contribution >= 4 is 17.6 Å². The van der Waals surface area contributed by atoms with Crippen LogP contribution in [-0.4, -0.2) is 16.4 Å². The van der Waals surface area contributed by atoms with Gasteiger partial charge in [0.25, 0.3) is 0 Å². The maximum absolute atomic E-state index is 8.40. The maximum Gasteiger partial charge on any atom is 0.123 e. The molecule has 0 bridgehead atoms. The van der Waals surface area contributed by atoms with Gasteiger partial charge in [-0.3, -0.25) is 0 Å². The summed E-state index contributed by atoms with van der Waals surface area (Å²) in [4.78, 5) is 4.20. The van der Waals surface area contributed by atoms with E-state index < -0.39 is 0 Å². The van der Waals surface area contributed by atoms with Crippen molar-refractivity contribution < 1.29 is 5.21 Å². The second kappa shape index (κ2) is 4.02. The summed E-state index contributed by atoms with van der Waals surface area (Å²) in [5.41, 5.74) is 1.90. The molecule has 1 aromatic carbocycles. The highest BCUT2D eigenvalue weighted by molar-refractivity contribution is 7.13. The molecule has 1 aromatic heterocycles. The van der Waals surface area contributed by atoms with Gasteiger partial charge in [-0.1, -0.05) is 23.4 Å². The largest absolute Gasteiger partial charge is 0.411 e. The summed E-state index contributed by atoms with van der Waals surface area (Å²) in [6, 6.07) is 7.69. The summed E-state index contributed by atoms with van der Waals surface area (Å²) in [6.07, 6.45) is 3.17. The SMILES string of the molecule is O/N=C/c1cccc(-c2nccs2)c1. The van der Waals surface area contributed by atoms with Crippen molar-refractivity contribution in [2.45, 2.75) is 0 Å². The topological polar surface area (TPSA) is 45.5 Å². The van der Waals surface area contributed by atoms with E-state index in [1.807, 2.05) is 29.6 Å². The van der Waals surface area contributed by atoms with Gasteiger partial charge in [-0.15, -0.1) is 11.3 Å². The Bertz CT molecular complexity index is 437. The van der Waals surface area contributed by atoms with Crippen LogP contribution in [0.1, 0.15) is 5.56 Å². The highest BCUT2D eigenvalue weighted by Crippen LogP contribution is 2.21. The first-order chi connectivity index (χ1) is 6.90. The van der Waals surface area contributed by atoms with Crippen molar-refractivity contribution in [2.75, 3.05) is 0 Å². The minimum atomic E-state index is 0.861. The van der Waals surface area contributed by atoms with Crippen LogP contribution in [0, 0.1) is 0 Å². The molecule has 0 radical (unpaired) electrons. The first kappa shape index (κ1) is 8.90. The first-order valence-corrected chi connectivity index (χ1v) is 4.95. The molecule has 1 heterocycles. The van der Waals surface area contributed by atoms with Crippen molar-refractivity contribution in [1.29, 1.82) is 0 Å². The molecule has 0 unspecified atom stereocenters. The lowest BCUT2D eigenvalue weighted by atomic mass is 10.1. The number of hydrogen-bond donors (Lipinski definition) is 1. The summed E-state index contributed by atoms with van der Waals surface area (Å²) >= 11 is 1.58. The van der Waals surface area contributed by atoms with Gasteiger partial charge in [-0.2, -0.15) is 0 Å². The van der Waals surface area contributed by atoms with Gasteiger partial charge in [0.05, 0.1) is 6.21 Å². The lowest BCUT2D eigenvalue weighted by molar-refractivity contribution is 0.322. The number of aromatic nitrogens is 1. The van der Waals surface area contributed by atoms with E-state index in [1.165, 1.54) is 6.21 Å². The fraction of sp³-hybridized carbons (Fsp3) is 0. The number of rotatable bonds is 2. The van der Waals surface area contributed by atoms with E-state index in [1.54, 1.807) is 17.5 Å². The zero-order chi connectivity index (χ0) is 9.80. The molecule has 0 atom stereocenters. The smallest absolute Gasteiger partial charge is 0.123 e. The highest BCUT2D eigenvalue weighted by atomic mass is 32.1. The van der Waals surface area contributed by atoms with Crippen LogP contribution in [0.5, 0.6) is 0 Å². The molecule has 2 rings (SSSR count). The van der Waals surface area contributed by atoms with Gasteiger partial charge in [-0.25, -0.2) is 4.98 Å². The van der Waals surface area contributed by atoms with Crippen LogP contribution in [0.25, 0.3) is 10.6 Å². The van der Waals surface area contributed by atoms with Crippen LogP contribution in [0.2, 0.25) is 0 Å². The Kier molecular flexibility index (Phi) is 2.55. The summed E-state index contributed by atoms with van der Waals surface area (Å²) in [5, 5.41) is 14.3. The quantitative estimate of drug-likeness (QED) is 0.464. The van der Waals surface area contributed by atoms with Crippen molar-refractivity contribution in [3.05, 3.63) is 41.4 Å². The number of benzene rings is 1. The molecular weight excluding hydrogens is 196 g/mol. The predicted octanol–water partition coefficient (Wildman–Crippen LogP) is 2.62. The average molecular weight is 204 g/mol. The van der Waals surface area contributed by atoms with Gasteiger partial charge < -0.3 is 5.21 Å². The second-order valence-corrected chi connectivity index (χ2v) is 3.60. The molecule has 0 aliphatic carbocycles. The number of thiazole rings is 1. The van der Waals surface area contributed by atoms with Gasteiger partial charge in [0.15, 0.2) is 0 Å². The maximum atomic E-state index is 8.40. The normalized spacial score (nSPS) is 10.9. The Morgan fingerprint density at radius 3 is 3.07 bits per heavy atom. The Balaban J connectivity index is 2.40. The highest BCUT2D eigenvalue weighted by Gasteiger charge is 1.99. The van der Waals surface area contributed by atoms with Crippen LogP contribution in [0.3, 0.4) is 0 Å². The van der Waals surface area contributed by atoms with E-state index in [-0.39, 0.29) is 0 Å². The van der Waals surface area contributed by atoms with Crippen LogP contribution >= 0.6 is 11.3 Å². The minimum Gasteiger partial charge on any atom is -0.411 e. The Morgan fingerprint density at radius 1 is 1.43 bits per heavy atom. The van der Waals surface area contributed by atoms with E-state index in [0.29, 0.717) is 0 Å². The zero-order valence-electron chi connectivity index (χ0n) is 7.29. The van der Waals surface area contributed by atoms with Crippen molar-refractivity contribution in [3.8, 4) is 10.6 Å². The van der Waals surface area contributed by atoms with Crippen molar-refractivity contribution in [1.82, 2.24) is 4.98 Å². The lowest BCUT2D eigenvalue weighted by Gasteiger charge is -1.96. The molecule has 0 spiro atoms. The summed E-state index contributed by atoms with van der Waals surface area (Å²) in [7, 11) is 0. The molecule has 1 N–H and O–H groups in total. The van der Waals surface area contributed by atoms with E-state index in [2.05, 4.69) is 10.1 Å². The molecule has 0 aliphatic rings. The van der Waals surface area contributed by atoms with Gasteiger partial charge in [0.1, 0.15) is 5.01 Å². The van der Waals surface area contributed by atoms with Crippen LogP contribution in [-0.2, 0) is 0 Å². The molecule has 0 amide bonds. The molecule has 2 aromatic rings. The van der Waals surface area contributed by atoms with Gasteiger partial charge in [0.2, 0.25) is 0 Å². The molecule has 70 valence electrons.